The van der Waals surface area contributed by atoms with Crippen LogP contribution in [0.5, 0.6) is 11.5 Å². The maximum atomic E-state index is 12.4. The van der Waals surface area contributed by atoms with E-state index in [4.69, 9.17) is 4.74 Å². The summed E-state index contributed by atoms with van der Waals surface area (Å²) in [6, 6.07) is 20.9. The Hall–Kier alpha value is -3.14. The number of benzene rings is 2. The normalized spacial score (nSPS) is 10.3. The lowest BCUT2D eigenvalue weighted by Gasteiger charge is -2.12. The van der Waals surface area contributed by atoms with Crippen molar-refractivity contribution in [3.05, 3.63) is 89.2 Å². The Labute approximate surface area is 147 Å². The Bertz CT molecular complexity index is 876. The fourth-order valence-corrected chi connectivity index (χ4v) is 2.56. The number of hydrogen-bond donors (Lipinski definition) is 1. The minimum atomic E-state index is -0.139. The third-order valence-electron chi connectivity index (χ3n) is 3.85. The summed E-state index contributed by atoms with van der Waals surface area (Å²) in [4.78, 5) is 16.8. The van der Waals surface area contributed by atoms with E-state index in [1.807, 2.05) is 74.5 Å². The standard InChI is InChI=1S/C21H20N2O2/c1-15-12-13-19(16(2)23-15)21(24)22-14-17-8-6-7-11-20(17)25-18-9-4-3-5-10-18/h3-13H,14H2,1-2H3,(H,22,24). The van der Waals surface area contributed by atoms with Crippen molar-refractivity contribution in [2.24, 2.45) is 0 Å². The van der Waals surface area contributed by atoms with Gasteiger partial charge in [0, 0.05) is 17.8 Å². The number of aromatic nitrogens is 1. The molecule has 0 saturated carbocycles. The highest BCUT2D eigenvalue weighted by molar-refractivity contribution is 5.95. The van der Waals surface area contributed by atoms with Crippen LogP contribution in [0.15, 0.2) is 66.7 Å². The van der Waals surface area contributed by atoms with E-state index in [9.17, 15) is 4.79 Å². The van der Waals surface area contributed by atoms with Gasteiger partial charge in [-0.1, -0.05) is 36.4 Å². The number of nitrogens with one attached hydrogen (secondary N) is 1. The molecule has 0 radical (unpaired) electrons. The number of hydrogen-bond acceptors (Lipinski definition) is 3. The van der Waals surface area contributed by atoms with Crippen LogP contribution in [0.2, 0.25) is 0 Å². The Morgan fingerprint density at radius 1 is 0.960 bits per heavy atom. The summed E-state index contributed by atoms with van der Waals surface area (Å²) in [5, 5.41) is 2.94. The van der Waals surface area contributed by atoms with E-state index in [0.717, 1.165) is 28.5 Å². The summed E-state index contributed by atoms with van der Waals surface area (Å²) in [5.41, 5.74) is 3.13. The van der Waals surface area contributed by atoms with Crippen molar-refractivity contribution >= 4 is 5.91 Å². The number of aryl methyl sites for hydroxylation is 2. The minimum absolute atomic E-state index is 0.139. The minimum Gasteiger partial charge on any atom is -0.457 e. The van der Waals surface area contributed by atoms with Gasteiger partial charge in [-0.15, -0.1) is 0 Å². The second kappa shape index (κ2) is 7.62. The van der Waals surface area contributed by atoms with Crippen molar-refractivity contribution in [1.82, 2.24) is 10.3 Å². The molecule has 0 bridgehead atoms. The third kappa shape index (κ3) is 4.23. The predicted octanol–water partition coefficient (Wildman–Crippen LogP) is 4.42. The van der Waals surface area contributed by atoms with Gasteiger partial charge < -0.3 is 10.1 Å². The van der Waals surface area contributed by atoms with Crippen LogP contribution in [-0.2, 0) is 6.54 Å². The van der Waals surface area contributed by atoms with Gasteiger partial charge in [-0.05, 0) is 44.2 Å². The van der Waals surface area contributed by atoms with Gasteiger partial charge in [-0.25, -0.2) is 0 Å². The van der Waals surface area contributed by atoms with Gasteiger partial charge >= 0.3 is 0 Å². The predicted molar refractivity (Wildman–Crippen MR) is 97.8 cm³/mol. The molecule has 0 fully saturated rings. The molecule has 4 nitrogen and oxygen atoms in total. The van der Waals surface area contributed by atoms with Crippen LogP contribution in [0.1, 0.15) is 27.3 Å². The molecule has 126 valence electrons. The molecule has 25 heavy (non-hydrogen) atoms. The van der Waals surface area contributed by atoms with Crippen LogP contribution in [0.3, 0.4) is 0 Å². The average molecular weight is 332 g/mol. The molecule has 4 heteroatoms. The molecule has 0 aliphatic carbocycles. The molecule has 0 aliphatic rings. The van der Waals surface area contributed by atoms with Crippen LogP contribution >= 0.6 is 0 Å². The van der Waals surface area contributed by atoms with Crippen molar-refractivity contribution in [3.63, 3.8) is 0 Å². The maximum absolute atomic E-state index is 12.4. The van der Waals surface area contributed by atoms with E-state index in [0.29, 0.717) is 12.1 Å². The first kappa shape index (κ1) is 16.7. The smallest absolute Gasteiger partial charge is 0.253 e. The summed E-state index contributed by atoms with van der Waals surface area (Å²) in [7, 11) is 0. The van der Waals surface area contributed by atoms with Crippen LogP contribution in [-0.4, -0.2) is 10.9 Å². The van der Waals surface area contributed by atoms with E-state index in [2.05, 4.69) is 10.3 Å². The van der Waals surface area contributed by atoms with Gasteiger partial charge in [-0.3, -0.25) is 9.78 Å². The van der Waals surface area contributed by atoms with E-state index < -0.39 is 0 Å². The topological polar surface area (TPSA) is 51.2 Å². The number of carbonyl (C=O) groups is 1. The zero-order chi connectivity index (χ0) is 17.6. The number of rotatable bonds is 5. The van der Waals surface area contributed by atoms with E-state index in [-0.39, 0.29) is 5.91 Å². The molecule has 0 aliphatic heterocycles. The highest BCUT2D eigenvalue weighted by Gasteiger charge is 2.11. The van der Waals surface area contributed by atoms with Gasteiger partial charge in [0.05, 0.1) is 11.3 Å². The summed E-state index contributed by atoms with van der Waals surface area (Å²) in [5.74, 6) is 1.35. The van der Waals surface area contributed by atoms with E-state index >= 15 is 0 Å². The molecular formula is C21H20N2O2. The van der Waals surface area contributed by atoms with Crippen molar-refractivity contribution < 1.29 is 9.53 Å². The van der Waals surface area contributed by atoms with Gasteiger partial charge in [0.15, 0.2) is 0 Å². The first-order valence-electron chi connectivity index (χ1n) is 8.17. The molecule has 1 N–H and O–H groups in total. The number of nitrogens with zero attached hydrogens (tertiary/aromatic N) is 1. The summed E-state index contributed by atoms with van der Waals surface area (Å²) in [6.45, 7) is 4.13. The number of pyridine rings is 1. The maximum Gasteiger partial charge on any atom is 0.253 e. The Morgan fingerprint density at radius 2 is 1.68 bits per heavy atom. The first-order valence-corrected chi connectivity index (χ1v) is 8.17. The molecule has 1 amide bonds. The molecule has 0 unspecified atom stereocenters. The number of ether oxygens (including phenoxy) is 1. The second-order valence-electron chi connectivity index (χ2n) is 5.79. The van der Waals surface area contributed by atoms with E-state index in [1.165, 1.54) is 0 Å². The molecular weight excluding hydrogens is 312 g/mol. The fourth-order valence-electron chi connectivity index (χ4n) is 2.56. The number of carbonyl (C=O) groups excluding carboxylic acids is 1. The molecule has 1 heterocycles. The Morgan fingerprint density at radius 3 is 2.44 bits per heavy atom. The largest absolute Gasteiger partial charge is 0.457 e. The SMILES string of the molecule is Cc1ccc(C(=O)NCc2ccccc2Oc2ccccc2)c(C)n1. The fraction of sp³-hybridized carbons (Fsp3) is 0.143. The highest BCUT2D eigenvalue weighted by Crippen LogP contribution is 2.25. The molecule has 2 aromatic carbocycles. The van der Waals surface area contributed by atoms with Crippen molar-refractivity contribution in [2.75, 3.05) is 0 Å². The molecule has 3 aromatic rings. The molecule has 1 aromatic heterocycles. The lowest BCUT2D eigenvalue weighted by molar-refractivity contribution is 0.0949. The number of para-hydroxylation sites is 2. The van der Waals surface area contributed by atoms with Gasteiger partial charge in [0.1, 0.15) is 11.5 Å². The van der Waals surface area contributed by atoms with Crippen LogP contribution in [0.4, 0.5) is 0 Å². The van der Waals surface area contributed by atoms with Crippen molar-refractivity contribution in [3.8, 4) is 11.5 Å². The van der Waals surface area contributed by atoms with Crippen molar-refractivity contribution in [2.45, 2.75) is 20.4 Å². The summed E-state index contributed by atoms with van der Waals surface area (Å²) >= 11 is 0. The lowest BCUT2D eigenvalue weighted by atomic mass is 10.1. The molecule has 0 spiro atoms. The van der Waals surface area contributed by atoms with Crippen LogP contribution < -0.4 is 10.1 Å². The molecule has 0 saturated heterocycles. The molecule has 3 rings (SSSR count). The third-order valence-corrected chi connectivity index (χ3v) is 3.85. The Balaban J connectivity index is 1.72. The van der Waals surface area contributed by atoms with E-state index in [1.54, 1.807) is 6.07 Å². The van der Waals surface area contributed by atoms with Crippen molar-refractivity contribution in [1.29, 1.82) is 0 Å². The highest BCUT2D eigenvalue weighted by atomic mass is 16.5. The molecule has 0 atom stereocenters. The first-order chi connectivity index (χ1) is 12.1. The van der Waals surface area contributed by atoms with Crippen LogP contribution in [0, 0.1) is 13.8 Å². The summed E-state index contributed by atoms with van der Waals surface area (Å²) < 4.78 is 5.92. The van der Waals surface area contributed by atoms with Crippen LogP contribution in [0.25, 0.3) is 0 Å². The van der Waals surface area contributed by atoms with Gasteiger partial charge in [0.25, 0.3) is 5.91 Å². The summed E-state index contributed by atoms with van der Waals surface area (Å²) in [6.07, 6.45) is 0. The average Bonchev–Trinajstić information content (AvgIpc) is 2.61. The lowest BCUT2D eigenvalue weighted by Crippen LogP contribution is -2.24. The zero-order valence-corrected chi connectivity index (χ0v) is 14.3. The van der Waals surface area contributed by atoms with Gasteiger partial charge in [0.2, 0.25) is 0 Å². The second-order valence-corrected chi connectivity index (χ2v) is 5.79. The zero-order valence-electron chi connectivity index (χ0n) is 14.3. The number of amides is 1. The quantitative estimate of drug-likeness (QED) is 0.752. The Kier molecular flexibility index (Phi) is 5.09. The monoisotopic (exact) mass is 332 g/mol. The van der Waals surface area contributed by atoms with Gasteiger partial charge in [-0.2, -0.15) is 0 Å².